The SMILES string of the molecule is Cc1c(C(F)(F)F)cc([N+](=O)[O-])c2sc(N3CCC(Oc4ccc(OC(F)(F)F)cc4)CC3)nc(=O)c12. The van der Waals surface area contributed by atoms with Gasteiger partial charge >= 0.3 is 12.5 Å². The van der Waals surface area contributed by atoms with Crippen LogP contribution in [0.4, 0.5) is 37.2 Å². The molecule has 0 atom stereocenters. The maximum absolute atomic E-state index is 13.4. The molecule has 198 valence electrons. The number of piperidine rings is 1. The summed E-state index contributed by atoms with van der Waals surface area (Å²) in [5.74, 6) is -0.0633. The molecule has 0 unspecified atom stereocenters. The maximum Gasteiger partial charge on any atom is 0.573 e. The van der Waals surface area contributed by atoms with Crippen LogP contribution in [-0.4, -0.2) is 35.5 Å². The average Bonchev–Trinajstić information content (AvgIpc) is 2.78. The van der Waals surface area contributed by atoms with Gasteiger partial charge in [0.05, 0.1) is 15.9 Å². The molecule has 1 saturated heterocycles. The molecule has 0 radical (unpaired) electrons. The number of ether oxygens (including phenoxy) is 2. The molecule has 1 aliphatic rings. The molecule has 0 bridgehead atoms. The van der Waals surface area contributed by atoms with Crippen LogP contribution in [0.5, 0.6) is 11.5 Å². The second-order valence-corrected chi connectivity index (χ2v) is 9.13. The number of hydrogen-bond donors (Lipinski definition) is 0. The largest absolute Gasteiger partial charge is 0.573 e. The van der Waals surface area contributed by atoms with Gasteiger partial charge in [-0.25, -0.2) is 0 Å². The van der Waals surface area contributed by atoms with Crippen molar-refractivity contribution in [1.29, 1.82) is 0 Å². The molecule has 8 nitrogen and oxygen atoms in total. The van der Waals surface area contributed by atoms with E-state index >= 15 is 0 Å². The van der Waals surface area contributed by atoms with Crippen molar-refractivity contribution in [2.24, 2.45) is 0 Å². The summed E-state index contributed by atoms with van der Waals surface area (Å²) in [4.78, 5) is 28.9. The van der Waals surface area contributed by atoms with E-state index in [-0.39, 0.29) is 15.9 Å². The topological polar surface area (TPSA) is 94.8 Å². The van der Waals surface area contributed by atoms with Gasteiger partial charge in [0.2, 0.25) is 0 Å². The second kappa shape index (κ2) is 9.68. The first-order valence-corrected chi connectivity index (χ1v) is 11.5. The summed E-state index contributed by atoms with van der Waals surface area (Å²) in [5.41, 5.74) is -3.50. The first-order chi connectivity index (χ1) is 17.2. The first-order valence-electron chi connectivity index (χ1n) is 10.7. The molecular formula is C22H17F6N3O5S. The Morgan fingerprint density at radius 3 is 2.22 bits per heavy atom. The summed E-state index contributed by atoms with van der Waals surface area (Å²) in [7, 11) is 0. The van der Waals surface area contributed by atoms with E-state index in [2.05, 4.69) is 9.72 Å². The molecule has 2 heterocycles. The lowest BCUT2D eigenvalue weighted by Crippen LogP contribution is -2.39. The summed E-state index contributed by atoms with van der Waals surface area (Å²) in [6, 6.07) is 5.34. The number of benzene rings is 2. The van der Waals surface area contributed by atoms with Crippen LogP contribution in [0.15, 0.2) is 35.1 Å². The van der Waals surface area contributed by atoms with Crippen molar-refractivity contribution in [2.45, 2.75) is 38.4 Å². The number of anilines is 1. The number of hydrogen-bond acceptors (Lipinski definition) is 8. The minimum atomic E-state index is -4.88. The number of fused-ring (bicyclic) bond motifs is 1. The smallest absolute Gasteiger partial charge is 0.490 e. The highest BCUT2D eigenvalue weighted by Gasteiger charge is 2.37. The lowest BCUT2D eigenvalue weighted by molar-refractivity contribution is -0.383. The van der Waals surface area contributed by atoms with Gasteiger partial charge in [-0.15, -0.1) is 13.2 Å². The third-order valence-electron chi connectivity index (χ3n) is 5.70. The van der Waals surface area contributed by atoms with Crippen LogP contribution in [0, 0.1) is 17.0 Å². The van der Waals surface area contributed by atoms with Crippen LogP contribution in [0.1, 0.15) is 24.0 Å². The molecule has 15 heteroatoms. The van der Waals surface area contributed by atoms with Crippen LogP contribution in [-0.2, 0) is 6.18 Å². The van der Waals surface area contributed by atoms with E-state index in [4.69, 9.17) is 4.74 Å². The van der Waals surface area contributed by atoms with Gasteiger partial charge < -0.3 is 14.4 Å². The van der Waals surface area contributed by atoms with E-state index in [1.54, 1.807) is 4.90 Å². The van der Waals surface area contributed by atoms with Gasteiger partial charge in [0.15, 0.2) is 5.13 Å². The number of non-ortho nitro benzene ring substituents is 1. The Labute approximate surface area is 208 Å². The highest BCUT2D eigenvalue weighted by Crippen LogP contribution is 2.41. The summed E-state index contributed by atoms with van der Waals surface area (Å²) in [6.07, 6.45) is -9.15. The predicted molar refractivity (Wildman–Crippen MR) is 121 cm³/mol. The zero-order valence-corrected chi connectivity index (χ0v) is 19.7. The average molecular weight is 549 g/mol. The second-order valence-electron chi connectivity index (χ2n) is 8.15. The molecule has 4 rings (SSSR count). The summed E-state index contributed by atoms with van der Waals surface area (Å²) in [6.45, 7) is 1.72. The third-order valence-corrected chi connectivity index (χ3v) is 6.85. The zero-order valence-electron chi connectivity index (χ0n) is 18.9. The summed E-state index contributed by atoms with van der Waals surface area (Å²) >= 11 is 0.766. The van der Waals surface area contributed by atoms with E-state index < -0.39 is 51.0 Å². The fourth-order valence-electron chi connectivity index (χ4n) is 4.00. The molecule has 3 aromatic rings. The number of nitro groups is 1. The van der Waals surface area contributed by atoms with Crippen LogP contribution >= 0.6 is 11.3 Å². The van der Waals surface area contributed by atoms with Crippen molar-refractivity contribution >= 4 is 32.2 Å². The predicted octanol–water partition coefficient (Wildman–Crippen LogP) is 5.84. The van der Waals surface area contributed by atoms with Crippen molar-refractivity contribution in [3.05, 3.63) is 61.9 Å². The Morgan fingerprint density at radius 1 is 1.08 bits per heavy atom. The van der Waals surface area contributed by atoms with Gasteiger partial charge in [-0.3, -0.25) is 14.9 Å². The minimum Gasteiger partial charge on any atom is -0.490 e. The number of aromatic nitrogens is 1. The highest BCUT2D eigenvalue weighted by atomic mass is 32.1. The van der Waals surface area contributed by atoms with Gasteiger partial charge in [0.1, 0.15) is 22.3 Å². The standard InChI is InChI=1S/C22H17F6N3O5S/c1-11-15(21(23,24)25)10-16(31(33)34)18-17(11)19(32)29-20(37-18)30-8-6-13(7-9-30)35-12-2-4-14(5-3-12)36-22(26,27)28/h2-5,10,13H,6-9H2,1H3. The maximum atomic E-state index is 13.4. The van der Waals surface area contributed by atoms with Gasteiger partial charge in [-0.05, 0) is 36.8 Å². The highest BCUT2D eigenvalue weighted by molar-refractivity contribution is 7.22. The monoisotopic (exact) mass is 549 g/mol. The number of rotatable bonds is 5. The van der Waals surface area contributed by atoms with Crippen LogP contribution < -0.4 is 19.9 Å². The number of nitrogens with zero attached hydrogens (tertiary/aromatic N) is 3. The van der Waals surface area contributed by atoms with Crippen LogP contribution in [0.2, 0.25) is 0 Å². The fraction of sp³-hybridized carbons (Fsp3) is 0.364. The molecule has 2 aromatic carbocycles. The van der Waals surface area contributed by atoms with Crippen molar-refractivity contribution < 1.29 is 40.7 Å². The van der Waals surface area contributed by atoms with Gasteiger partial charge in [0.25, 0.3) is 11.2 Å². The molecule has 0 aliphatic carbocycles. The lowest BCUT2D eigenvalue weighted by Gasteiger charge is -2.32. The van der Waals surface area contributed by atoms with Gasteiger partial charge in [0, 0.05) is 32.0 Å². The third kappa shape index (κ3) is 5.87. The van der Waals surface area contributed by atoms with Crippen molar-refractivity contribution in [3.8, 4) is 11.5 Å². The molecule has 0 spiro atoms. The Hall–Kier alpha value is -3.62. The van der Waals surface area contributed by atoms with Crippen LogP contribution in [0.25, 0.3) is 10.1 Å². The Morgan fingerprint density at radius 2 is 1.68 bits per heavy atom. The first kappa shape index (κ1) is 26.4. The number of nitro benzene ring substituents is 1. The molecule has 1 fully saturated rings. The number of aryl methyl sites for hydroxylation is 1. The zero-order chi connectivity index (χ0) is 27.1. The molecule has 0 N–H and O–H groups in total. The van der Waals surface area contributed by atoms with E-state index in [0.29, 0.717) is 37.7 Å². The van der Waals surface area contributed by atoms with E-state index in [0.717, 1.165) is 30.4 Å². The minimum absolute atomic E-state index is 0.131. The lowest BCUT2D eigenvalue weighted by atomic mass is 10.0. The van der Waals surface area contributed by atoms with Gasteiger partial charge in [-0.2, -0.15) is 18.2 Å². The van der Waals surface area contributed by atoms with E-state index in [9.17, 15) is 41.3 Å². The molecule has 0 saturated carbocycles. The molecular weight excluding hydrogens is 532 g/mol. The van der Waals surface area contributed by atoms with Gasteiger partial charge in [-0.1, -0.05) is 11.3 Å². The van der Waals surface area contributed by atoms with Crippen LogP contribution in [0.3, 0.4) is 0 Å². The Bertz CT molecular complexity index is 1380. The number of alkyl halides is 6. The molecule has 1 aromatic heterocycles. The van der Waals surface area contributed by atoms with E-state index in [1.165, 1.54) is 12.1 Å². The number of halogens is 6. The Balaban J connectivity index is 1.52. The summed E-state index contributed by atoms with van der Waals surface area (Å²) in [5, 5.41) is 11.2. The van der Waals surface area contributed by atoms with Crippen molar-refractivity contribution in [2.75, 3.05) is 18.0 Å². The molecule has 1 aliphatic heterocycles. The quantitative estimate of drug-likeness (QED) is 0.224. The van der Waals surface area contributed by atoms with E-state index in [1.807, 2.05) is 0 Å². The normalized spacial score (nSPS) is 15.2. The Kier molecular flexibility index (Phi) is 6.92. The fourth-order valence-corrected chi connectivity index (χ4v) is 5.21. The van der Waals surface area contributed by atoms with Crippen molar-refractivity contribution in [1.82, 2.24) is 4.98 Å². The summed E-state index contributed by atoms with van der Waals surface area (Å²) < 4.78 is 86.4. The van der Waals surface area contributed by atoms with Crippen molar-refractivity contribution in [3.63, 3.8) is 0 Å². The molecule has 0 amide bonds. The molecule has 37 heavy (non-hydrogen) atoms.